The molecule has 0 saturated heterocycles. The van der Waals surface area contributed by atoms with Gasteiger partial charge in [0.25, 0.3) is 5.91 Å². The maximum absolute atomic E-state index is 12.5. The van der Waals surface area contributed by atoms with Crippen molar-refractivity contribution in [2.45, 2.75) is 6.42 Å². The van der Waals surface area contributed by atoms with Gasteiger partial charge in [0.2, 0.25) is 0 Å². The van der Waals surface area contributed by atoms with Crippen molar-refractivity contribution in [1.29, 1.82) is 0 Å². The Bertz CT molecular complexity index is 869. The first-order chi connectivity index (χ1) is 12.2. The first-order valence-electron chi connectivity index (χ1n) is 7.78. The quantitative estimate of drug-likeness (QED) is 0.718. The number of ether oxygens (including phenoxy) is 1. The molecule has 5 nitrogen and oxygen atoms in total. The molecule has 0 aliphatic carbocycles. The molecular formula is C20H17NO4. The highest BCUT2D eigenvalue weighted by molar-refractivity contribution is 6.11. The molecule has 0 saturated carbocycles. The third-order valence-corrected chi connectivity index (χ3v) is 3.74. The maximum Gasteiger partial charge on any atom is 0.342 e. The van der Waals surface area contributed by atoms with Crippen LogP contribution in [0.5, 0.6) is 0 Å². The molecule has 1 amide bonds. The second-order valence-electron chi connectivity index (χ2n) is 5.42. The first kappa shape index (κ1) is 16.5. The van der Waals surface area contributed by atoms with Gasteiger partial charge in [-0.1, -0.05) is 48.5 Å². The summed E-state index contributed by atoms with van der Waals surface area (Å²) in [6, 6.07) is 18.6. The Morgan fingerprint density at radius 2 is 1.64 bits per heavy atom. The zero-order valence-electron chi connectivity index (χ0n) is 13.7. The lowest BCUT2D eigenvalue weighted by Crippen LogP contribution is -2.16. The number of benzene rings is 2. The number of carbonyl (C=O) groups is 2. The van der Waals surface area contributed by atoms with Crippen LogP contribution in [0.2, 0.25) is 0 Å². The van der Waals surface area contributed by atoms with Crippen molar-refractivity contribution in [1.82, 2.24) is 0 Å². The molecule has 0 fully saturated rings. The Balaban J connectivity index is 1.91. The van der Waals surface area contributed by atoms with Gasteiger partial charge in [-0.2, -0.15) is 0 Å². The Kier molecular flexibility index (Phi) is 4.95. The van der Waals surface area contributed by atoms with Crippen LogP contribution < -0.4 is 5.32 Å². The monoisotopic (exact) mass is 335 g/mol. The fraction of sp³-hybridized carbons (Fsp3) is 0.100. The second kappa shape index (κ2) is 7.49. The fourth-order valence-corrected chi connectivity index (χ4v) is 2.52. The van der Waals surface area contributed by atoms with Crippen molar-refractivity contribution in [3.8, 4) is 0 Å². The van der Waals surface area contributed by atoms with Crippen LogP contribution in [0.3, 0.4) is 0 Å². The third-order valence-electron chi connectivity index (χ3n) is 3.74. The molecular weight excluding hydrogens is 318 g/mol. The summed E-state index contributed by atoms with van der Waals surface area (Å²) >= 11 is 0. The number of hydrogen-bond acceptors (Lipinski definition) is 4. The number of furan rings is 1. The van der Waals surface area contributed by atoms with Crippen molar-refractivity contribution in [3.05, 3.63) is 89.4 Å². The van der Waals surface area contributed by atoms with Gasteiger partial charge in [-0.05, 0) is 17.7 Å². The van der Waals surface area contributed by atoms with Crippen LogP contribution in [-0.2, 0) is 11.2 Å². The van der Waals surface area contributed by atoms with Crippen LogP contribution in [-0.4, -0.2) is 19.0 Å². The lowest BCUT2D eigenvalue weighted by Gasteiger charge is -2.06. The highest BCUT2D eigenvalue weighted by atomic mass is 16.5. The molecule has 0 atom stereocenters. The van der Waals surface area contributed by atoms with Crippen LogP contribution in [0.25, 0.3) is 0 Å². The van der Waals surface area contributed by atoms with Gasteiger partial charge in [0, 0.05) is 12.1 Å². The summed E-state index contributed by atoms with van der Waals surface area (Å²) in [5.74, 6) is -0.621. The Labute approximate surface area is 145 Å². The summed E-state index contributed by atoms with van der Waals surface area (Å²) in [6.07, 6.45) is 1.69. The molecule has 1 aromatic heterocycles. The van der Waals surface area contributed by atoms with E-state index in [4.69, 9.17) is 9.15 Å². The number of methoxy groups -OCH3 is 1. The molecule has 0 radical (unpaired) electrons. The minimum atomic E-state index is -0.599. The van der Waals surface area contributed by atoms with E-state index in [1.807, 2.05) is 48.5 Å². The molecule has 0 aliphatic rings. The van der Waals surface area contributed by atoms with E-state index >= 15 is 0 Å². The molecule has 0 spiro atoms. The minimum Gasteiger partial charge on any atom is -0.467 e. The molecule has 25 heavy (non-hydrogen) atoms. The summed E-state index contributed by atoms with van der Waals surface area (Å²) in [7, 11) is 1.28. The zero-order chi connectivity index (χ0) is 17.6. The van der Waals surface area contributed by atoms with Gasteiger partial charge in [-0.3, -0.25) is 4.79 Å². The second-order valence-corrected chi connectivity index (χ2v) is 5.42. The molecule has 3 rings (SSSR count). The van der Waals surface area contributed by atoms with Crippen LogP contribution in [0.1, 0.15) is 32.0 Å². The highest BCUT2D eigenvalue weighted by Crippen LogP contribution is 2.23. The average Bonchev–Trinajstić information content (AvgIpc) is 3.06. The van der Waals surface area contributed by atoms with E-state index in [0.717, 1.165) is 5.56 Å². The third kappa shape index (κ3) is 3.77. The molecule has 1 heterocycles. The molecule has 0 bridgehead atoms. The molecule has 0 unspecified atom stereocenters. The SMILES string of the molecule is COC(=O)c1c(C(=O)Nc2ccccc2)coc1Cc1ccccc1. The highest BCUT2D eigenvalue weighted by Gasteiger charge is 2.26. The van der Waals surface area contributed by atoms with Crippen LogP contribution in [0.15, 0.2) is 71.3 Å². The largest absolute Gasteiger partial charge is 0.467 e. The molecule has 5 heteroatoms. The van der Waals surface area contributed by atoms with Gasteiger partial charge < -0.3 is 14.5 Å². The summed E-state index contributed by atoms with van der Waals surface area (Å²) in [5, 5.41) is 2.75. The van der Waals surface area contributed by atoms with E-state index in [1.165, 1.54) is 13.4 Å². The van der Waals surface area contributed by atoms with E-state index in [-0.39, 0.29) is 11.1 Å². The number of rotatable bonds is 5. The zero-order valence-corrected chi connectivity index (χ0v) is 13.7. The normalized spacial score (nSPS) is 10.3. The first-order valence-corrected chi connectivity index (χ1v) is 7.78. The van der Waals surface area contributed by atoms with Crippen molar-refractivity contribution in [2.75, 3.05) is 12.4 Å². The molecule has 3 aromatic rings. The van der Waals surface area contributed by atoms with E-state index in [0.29, 0.717) is 17.9 Å². The van der Waals surface area contributed by atoms with E-state index in [9.17, 15) is 9.59 Å². The lowest BCUT2D eigenvalue weighted by molar-refractivity contribution is 0.0595. The van der Waals surface area contributed by atoms with Gasteiger partial charge in [-0.15, -0.1) is 0 Å². The smallest absolute Gasteiger partial charge is 0.342 e. The number of esters is 1. The topological polar surface area (TPSA) is 68.5 Å². The standard InChI is InChI=1S/C20H17NO4/c1-24-20(23)18-16(19(22)21-15-10-6-3-7-11-15)13-25-17(18)12-14-8-4-2-5-9-14/h2-11,13H,12H2,1H3,(H,21,22). The van der Waals surface area contributed by atoms with Crippen molar-refractivity contribution >= 4 is 17.6 Å². The van der Waals surface area contributed by atoms with Gasteiger partial charge in [-0.25, -0.2) is 4.79 Å². The maximum atomic E-state index is 12.5. The minimum absolute atomic E-state index is 0.153. The van der Waals surface area contributed by atoms with Gasteiger partial charge in [0.05, 0.1) is 12.7 Å². The number of carbonyl (C=O) groups excluding carboxylic acids is 2. The molecule has 1 N–H and O–H groups in total. The van der Waals surface area contributed by atoms with E-state index < -0.39 is 11.9 Å². The summed E-state index contributed by atoms with van der Waals surface area (Å²) in [6.45, 7) is 0. The van der Waals surface area contributed by atoms with Gasteiger partial charge in [0.1, 0.15) is 17.6 Å². The number of nitrogens with one attached hydrogen (secondary N) is 1. The number of anilines is 1. The van der Waals surface area contributed by atoms with E-state index in [2.05, 4.69) is 5.32 Å². The van der Waals surface area contributed by atoms with Crippen molar-refractivity contribution < 1.29 is 18.7 Å². The van der Waals surface area contributed by atoms with Crippen LogP contribution in [0, 0.1) is 0 Å². The van der Waals surface area contributed by atoms with Crippen LogP contribution >= 0.6 is 0 Å². The number of hydrogen-bond donors (Lipinski definition) is 1. The molecule has 126 valence electrons. The number of para-hydroxylation sites is 1. The number of amides is 1. The molecule has 2 aromatic carbocycles. The molecule has 0 aliphatic heterocycles. The predicted molar refractivity (Wildman–Crippen MR) is 93.7 cm³/mol. The Hall–Kier alpha value is -3.34. The van der Waals surface area contributed by atoms with Crippen molar-refractivity contribution in [2.24, 2.45) is 0 Å². The van der Waals surface area contributed by atoms with E-state index in [1.54, 1.807) is 12.1 Å². The average molecular weight is 335 g/mol. The fourth-order valence-electron chi connectivity index (χ4n) is 2.52. The summed E-state index contributed by atoms with van der Waals surface area (Å²) in [5.41, 5.74) is 1.91. The Morgan fingerprint density at radius 3 is 2.28 bits per heavy atom. The lowest BCUT2D eigenvalue weighted by atomic mass is 10.0. The summed E-state index contributed by atoms with van der Waals surface area (Å²) < 4.78 is 10.4. The Morgan fingerprint density at radius 1 is 1.00 bits per heavy atom. The summed E-state index contributed by atoms with van der Waals surface area (Å²) in [4.78, 5) is 24.7. The van der Waals surface area contributed by atoms with Crippen molar-refractivity contribution in [3.63, 3.8) is 0 Å². The van der Waals surface area contributed by atoms with Gasteiger partial charge in [0.15, 0.2) is 0 Å². The van der Waals surface area contributed by atoms with Gasteiger partial charge >= 0.3 is 5.97 Å². The predicted octanol–water partition coefficient (Wildman–Crippen LogP) is 3.91. The van der Waals surface area contributed by atoms with Crippen LogP contribution in [0.4, 0.5) is 5.69 Å².